The highest BCUT2D eigenvalue weighted by molar-refractivity contribution is 5.64. The normalized spacial score (nSPS) is 21.2. The van der Waals surface area contributed by atoms with Crippen molar-refractivity contribution < 1.29 is 4.74 Å². The summed E-state index contributed by atoms with van der Waals surface area (Å²) in [6.45, 7) is 2.60. The summed E-state index contributed by atoms with van der Waals surface area (Å²) in [5.74, 6) is 0.667. The van der Waals surface area contributed by atoms with Crippen molar-refractivity contribution in [1.29, 1.82) is 0 Å². The molecule has 0 amide bonds. The Morgan fingerprint density at radius 1 is 1.04 bits per heavy atom. The van der Waals surface area contributed by atoms with Crippen molar-refractivity contribution in [3.63, 3.8) is 0 Å². The van der Waals surface area contributed by atoms with Crippen LogP contribution in [0.1, 0.15) is 30.4 Å². The van der Waals surface area contributed by atoms with E-state index in [2.05, 4.69) is 34.1 Å². The van der Waals surface area contributed by atoms with Gasteiger partial charge in [-0.05, 0) is 68.0 Å². The third-order valence-electron chi connectivity index (χ3n) is 5.34. The lowest BCUT2D eigenvalue weighted by atomic mass is 9.86. The van der Waals surface area contributed by atoms with Gasteiger partial charge in [0.25, 0.3) is 0 Å². The van der Waals surface area contributed by atoms with Crippen LogP contribution >= 0.6 is 0 Å². The van der Waals surface area contributed by atoms with E-state index in [0.717, 1.165) is 11.6 Å². The molecule has 0 N–H and O–H groups in total. The second-order valence-electron chi connectivity index (χ2n) is 6.71. The van der Waals surface area contributed by atoms with Gasteiger partial charge >= 0.3 is 0 Å². The lowest BCUT2D eigenvalue weighted by Gasteiger charge is -2.32. The molecule has 3 heteroatoms. The predicted octanol–water partition coefficient (Wildman–Crippen LogP) is 3.71. The smallest absolute Gasteiger partial charge is 0.212 e. The topological polar surface area (TPSA) is 25.4 Å². The first kappa shape index (κ1) is 14.7. The minimum absolute atomic E-state index is 0.667. The molecule has 3 nitrogen and oxygen atoms in total. The molecule has 1 unspecified atom stereocenters. The molecule has 1 atom stereocenters. The van der Waals surface area contributed by atoms with Gasteiger partial charge in [-0.1, -0.05) is 18.2 Å². The molecule has 1 aliphatic heterocycles. The molecule has 1 aromatic carbocycles. The molecule has 1 aromatic heterocycles. The summed E-state index contributed by atoms with van der Waals surface area (Å²) in [6.07, 6.45) is 8.39. The van der Waals surface area contributed by atoms with E-state index in [1.165, 1.54) is 56.3 Å². The molecule has 2 heterocycles. The van der Waals surface area contributed by atoms with Gasteiger partial charge in [-0.2, -0.15) is 0 Å². The maximum atomic E-state index is 5.14. The number of ether oxygens (including phenoxy) is 1. The van der Waals surface area contributed by atoms with Gasteiger partial charge in [0.2, 0.25) is 5.88 Å². The molecule has 2 aromatic rings. The Hall–Kier alpha value is -1.87. The largest absolute Gasteiger partial charge is 0.481 e. The van der Waals surface area contributed by atoms with E-state index in [1.807, 2.05) is 12.3 Å². The summed E-state index contributed by atoms with van der Waals surface area (Å²) >= 11 is 0. The van der Waals surface area contributed by atoms with Crippen LogP contribution in [0.15, 0.2) is 36.5 Å². The van der Waals surface area contributed by atoms with Crippen molar-refractivity contribution in [2.75, 3.05) is 20.2 Å². The van der Waals surface area contributed by atoms with E-state index in [4.69, 9.17) is 4.74 Å². The number of hydrogen-bond donors (Lipinski definition) is 0. The highest BCUT2D eigenvalue weighted by Gasteiger charge is 2.26. The van der Waals surface area contributed by atoms with Crippen LogP contribution in [0.2, 0.25) is 0 Å². The number of aromatic nitrogens is 1. The minimum atomic E-state index is 0.667. The fourth-order valence-corrected chi connectivity index (χ4v) is 4.01. The molecule has 1 saturated heterocycles. The first-order valence-electron chi connectivity index (χ1n) is 8.70. The number of likely N-dealkylation sites (tertiary alicyclic amines) is 1. The Kier molecular flexibility index (Phi) is 4.04. The van der Waals surface area contributed by atoms with E-state index in [0.29, 0.717) is 5.88 Å². The minimum Gasteiger partial charge on any atom is -0.481 e. The monoisotopic (exact) mass is 308 g/mol. The summed E-state index contributed by atoms with van der Waals surface area (Å²) < 4.78 is 5.14. The van der Waals surface area contributed by atoms with Gasteiger partial charge in [0.05, 0.1) is 7.11 Å². The number of benzene rings is 1. The number of fused-ring (bicyclic) bond motifs is 1. The average molecular weight is 308 g/mol. The fraction of sp³-hybridized carbons (Fsp3) is 0.450. The standard InChI is InChI=1S/C20H24N2O/c1-23-20-9-7-18(14-21-20)16-4-5-17-13-19(8-6-15(17)12-16)22-10-2-3-11-22/h4-5,7,9,12,14,19H,2-3,6,8,10-11,13H2,1H3. The van der Waals surface area contributed by atoms with Gasteiger partial charge in [0.1, 0.15) is 0 Å². The molecule has 2 aliphatic rings. The third kappa shape index (κ3) is 2.98. The van der Waals surface area contributed by atoms with Crippen LogP contribution in [-0.4, -0.2) is 36.1 Å². The van der Waals surface area contributed by atoms with Crippen molar-refractivity contribution >= 4 is 0 Å². The molecule has 1 aliphatic carbocycles. The number of hydrogen-bond acceptors (Lipinski definition) is 3. The van der Waals surface area contributed by atoms with Crippen molar-refractivity contribution in [3.8, 4) is 17.0 Å². The summed E-state index contributed by atoms with van der Waals surface area (Å²) in [4.78, 5) is 7.02. The van der Waals surface area contributed by atoms with Crippen LogP contribution < -0.4 is 4.74 Å². The molecular formula is C20H24N2O. The fourth-order valence-electron chi connectivity index (χ4n) is 4.01. The molecule has 0 spiro atoms. The van der Waals surface area contributed by atoms with Gasteiger partial charge in [-0.15, -0.1) is 0 Å². The first-order chi connectivity index (χ1) is 11.3. The Morgan fingerprint density at radius 3 is 2.61 bits per heavy atom. The zero-order chi connectivity index (χ0) is 15.6. The van der Waals surface area contributed by atoms with Gasteiger partial charge in [0, 0.05) is 23.9 Å². The van der Waals surface area contributed by atoms with E-state index < -0.39 is 0 Å². The molecule has 0 saturated carbocycles. The van der Waals surface area contributed by atoms with Gasteiger partial charge < -0.3 is 9.64 Å². The lowest BCUT2D eigenvalue weighted by molar-refractivity contribution is 0.222. The summed E-state index contributed by atoms with van der Waals surface area (Å²) in [5, 5.41) is 0. The van der Waals surface area contributed by atoms with Crippen LogP contribution in [0.25, 0.3) is 11.1 Å². The summed E-state index contributed by atoms with van der Waals surface area (Å²) in [7, 11) is 1.65. The lowest BCUT2D eigenvalue weighted by Crippen LogP contribution is -2.37. The van der Waals surface area contributed by atoms with Crippen LogP contribution in [0.4, 0.5) is 0 Å². The molecule has 4 rings (SSSR count). The van der Waals surface area contributed by atoms with Crippen LogP contribution in [0, 0.1) is 0 Å². The highest BCUT2D eigenvalue weighted by Crippen LogP contribution is 2.30. The Morgan fingerprint density at radius 2 is 1.87 bits per heavy atom. The Labute approximate surface area is 138 Å². The van der Waals surface area contributed by atoms with Crippen molar-refractivity contribution in [2.24, 2.45) is 0 Å². The number of rotatable bonds is 3. The van der Waals surface area contributed by atoms with E-state index in [9.17, 15) is 0 Å². The van der Waals surface area contributed by atoms with Crippen LogP contribution in [-0.2, 0) is 12.8 Å². The molecule has 23 heavy (non-hydrogen) atoms. The van der Waals surface area contributed by atoms with Crippen molar-refractivity contribution in [2.45, 2.75) is 38.1 Å². The Bertz CT molecular complexity index is 675. The second kappa shape index (κ2) is 6.32. The Balaban J connectivity index is 1.54. The van der Waals surface area contributed by atoms with E-state index >= 15 is 0 Å². The number of methoxy groups -OCH3 is 1. The number of aryl methyl sites for hydroxylation is 1. The van der Waals surface area contributed by atoms with Crippen LogP contribution in [0.3, 0.4) is 0 Å². The summed E-state index contributed by atoms with van der Waals surface area (Å²) in [5.41, 5.74) is 5.49. The molecular weight excluding hydrogens is 284 g/mol. The summed E-state index contributed by atoms with van der Waals surface area (Å²) in [6, 6.07) is 11.7. The highest BCUT2D eigenvalue weighted by atomic mass is 16.5. The number of nitrogens with zero attached hydrogens (tertiary/aromatic N) is 2. The maximum Gasteiger partial charge on any atom is 0.212 e. The third-order valence-corrected chi connectivity index (χ3v) is 5.34. The average Bonchev–Trinajstić information content (AvgIpc) is 3.15. The van der Waals surface area contributed by atoms with E-state index in [-0.39, 0.29) is 0 Å². The molecule has 0 bridgehead atoms. The van der Waals surface area contributed by atoms with Gasteiger partial charge in [0.15, 0.2) is 0 Å². The van der Waals surface area contributed by atoms with E-state index in [1.54, 1.807) is 12.7 Å². The first-order valence-corrected chi connectivity index (χ1v) is 8.70. The molecule has 0 radical (unpaired) electrons. The van der Waals surface area contributed by atoms with Crippen molar-refractivity contribution in [3.05, 3.63) is 47.7 Å². The zero-order valence-electron chi connectivity index (χ0n) is 13.8. The zero-order valence-corrected chi connectivity index (χ0v) is 13.8. The quantitative estimate of drug-likeness (QED) is 0.864. The van der Waals surface area contributed by atoms with Gasteiger partial charge in [-0.25, -0.2) is 4.98 Å². The van der Waals surface area contributed by atoms with Crippen LogP contribution in [0.5, 0.6) is 5.88 Å². The second-order valence-corrected chi connectivity index (χ2v) is 6.71. The molecule has 1 fully saturated rings. The molecule has 120 valence electrons. The van der Waals surface area contributed by atoms with Crippen molar-refractivity contribution in [1.82, 2.24) is 9.88 Å². The predicted molar refractivity (Wildman–Crippen MR) is 92.8 cm³/mol. The number of pyridine rings is 1. The SMILES string of the molecule is COc1ccc(-c2ccc3c(c2)CCC(N2CCCC2)C3)cn1. The maximum absolute atomic E-state index is 5.14. The van der Waals surface area contributed by atoms with Gasteiger partial charge in [-0.3, -0.25) is 0 Å².